The van der Waals surface area contributed by atoms with Crippen LogP contribution >= 0.6 is 15.9 Å². The number of ether oxygens (including phenoxy) is 2. The molecular weight excluding hydrogens is 356 g/mol. The van der Waals surface area contributed by atoms with Gasteiger partial charge in [-0.3, -0.25) is 19.2 Å². The number of Topliss-reactive ketones (excluding diaryl/α,β-unsaturated/α-hetero) is 2. The Morgan fingerprint density at radius 2 is 1.82 bits per heavy atom. The highest BCUT2D eigenvalue weighted by molar-refractivity contribution is 9.12. The summed E-state index contributed by atoms with van der Waals surface area (Å²) in [4.78, 5) is 47.3. The predicted molar refractivity (Wildman–Crippen MR) is 78.6 cm³/mol. The molecule has 22 heavy (non-hydrogen) atoms. The molecule has 0 spiro atoms. The number of halogens is 1. The molecule has 0 aromatic rings. The molecule has 6 nitrogen and oxygen atoms in total. The second-order valence-electron chi connectivity index (χ2n) is 4.91. The van der Waals surface area contributed by atoms with Crippen molar-refractivity contribution in [1.29, 1.82) is 0 Å². The molecule has 2 rings (SSSR count). The fourth-order valence-electron chi connectivity index (χ4n) is 2.41. The van der Waals surface area contributed by atoms with E-state index in [1.807, 2.05) is 0 Å². The summed E-state index contributed by atoms with van der Waals surface area (Å²) in [6.45, 7) is 3.92. The first kappa shape index (κ1) is 16.4. The van der Waals surface area contributed by atoms with Gasteiger partial charge in [-0.05, 0) is 35.0 Å². The standard InChI is InChI=1S/C15H13BrO6/c1-6-13(16)15(20)12-10(22-8(3)18)5-4-9(21-7(2)17)11(12)14(6)19/h4-5,9,11H,1-3H3. The summed E-state index contributed by atoms with van der Waals surface area (Å²) in [6, 6.07) is 0. The Morgan fingerprint density at radius 1 is 1.18 bits per heavy atom. The van der Waals surface area contributed by atoms with Gasteiger partial charge in [0.15, 0.2) is 5.78 Å². The number of rotatable bonds is 2. The Bertz CT molecular complexity index is 682. The van der Waals surface area contributed by atoms with Crippen LogP contribution in [0.1, 0.15) is 20.8 Å². The normalized spacial score (nSPS) is 24.4. The maximum atomic E-state index is 12.5. The van der Waals surface area contributed by atoms with Crippen LogP contribution in [-0.2, 0) is 28.7 Å². The molecule has 0 aliphatic heterocycles. The van der Waals surface area contributed by atoms with Gasteiger partial charge in [0, 0.05) is 19.4 Å². The van der Waals surface area contributed by atoms with E-state index >= 15 is 0 Å². The first-order chi connectivity index (χ1) is 10.2. The van der Waals surface area contributed by atoms with Crippen molar-refractivity contribution >= 4 is 39.4 Å². The Balaban J connectivity index is 2.59. The van der Waals surface area contributed by atoms with Gasteiger partial charge in [0.1, 0.15) is 11.9 Å². The second kappa shape index (κ2) is 6.00. The third-order valence-corrected chi connectivity index (χ3v) is 4.28. The lowest BCUT2D eigenvalue weighted by Crippen LogP contribution is -2.41. The number of esters is 2. The minimum atomic E-state index is -1.00. The van der Waals surface area contributed by atoms with Gasteiger partial charge in [-0.15, -0.1) is 0 Å². The van der Waals surface area contributed by atoms with Gasteiger partial charge in [-0.1, -0.05) is 0 Å². The van der Waals surface area contributed by atoms with E-state index in [0.29, 0.717) is 0 Å². The number of hydrogen-bond donors (Lipinski definition) is 0. The Morgan fingerprint density at radius 3 is 2.36 bits per heavy atom. The van der Waals surface area contributed by atoms with Gasteiger partial charge in [0.05, 0.1) is 16.0 Å². The predicted octanol–water partition coefficient (Wildman–Crippen LogP) is 1.74. The fourth-order valence-corrected chi connectivity index (χ4v) is 2.82. The monoisotopic (exact) mass is 368 g/mol. The zero-order chi connectivity index (χ0) is 16.6. The van der Waals surface area contributed by atoms with Crippen LogP contribution in [-0.4, -0.2) is 29.6 Å². The molecule has 2 aliphatic rings. The van der Waals surface area contributed by atoms with Gasteiger partial charge in [-0.2, -0.15) is 0 Å². The Hall–Kier alpha value is -2.02. The van der Waals surface area contributed by atoms with E-state index in [1.54, 1.807) is 0 Å². The van der Waals surface area contributed by atoms with Crippen molar-refractivity contribution in [3.8, 4) is 0 Å². The van der Waals surface area contributed by atoms with Crippen LogP contribution in [0.15, 0.2) is 33.5 Å². The van der Waals surface area contributed by atoms with E-state index in [2.05, 4.69) is 15.9 Å². The zero-order valence-electron chi connectivity index (χ0n) is 12.1. The summed E-state index contributed by atoms with van der Waals surface area (Å²) < 4.78 is 10.2. The van der Waals surface area contributed by atoms with Crippen molar-refractivity contribution in [2.24, 2.45) is 5.92 Å². The second-order valence-corrected chi connectivity index (χ2v) is 5.71. The lowest BCUT2D eigenvalue weighted by Gasteiger charge is -2.32. The highest BCUT2D eigenvalue weighted by atomic mass is 79.9. The molecule has 0 radical (unpaired) electrons. The van der Waals surface area contributed by atoms with Crippen molar-refractivity contribution in [2.45, 2.75) is 26.9 Å². The smallest absolute Gasteiger partial charge is 0.308 e. The van der Waals surface area contributed by atoms with Crippen molar-refractivity contribution in [1.82, 2.24) is 0 Å². The number of allylic oxidation sites excluding steroid dienone is 3. The SMILES string of the molecule is CC(=O)OC1=C2C(=O)C(Br)=C(C)C(=O)C2C(OC(C)=O)C=C1. The molecule has 7 heteroatoms. The molecule has 2 atom stereocenters. The maximum Gasteiger partial charge on any atom is 0.308 e. The number of hydrogen-bond acceptors (Lipinski definition) is 6. The summed E-state index contributed by atoms with van der Waals surface area (Å²) in [5.41, 5.74) is 0.264. The number of ketones is 2. The molecular formula is C15H13BrO6. The van der Waals surface area contributed by atoms with E-state index in [1.165, 1.54) is 32.9 Å². The van der Waals surface area contributed by atoms with Crippen LogP contribution in [0.5, 0.6) is 0 Å². The lowest BCUT2D eigenvalue weighted by molar-refractivity contribution is -0.148. The van der Waals surface area contributed by atoms with E-state index in [-0.39, 0.29) is 27.2 Å². The van der Waals surface area contributed by atoms with Crippen LogP contribution < -0.4 is 0 Å². The van der Waals surface area contributed by atoms with Gasteiger partial charge < -0.3 is 9.47 Å². The van der Waals surface area contributed by atoms with Crippen molar-refractivity contribution in [3.05, 3.63) is 33.5 Å². The fraction of sp³-hybridized carbons (Fsp3) is 0.333. The summed E-state index contributed by atoms with van der Waals surface area (Å²) >= 11 is 3.09. The quantitative estimate of drug-likeness (QED) is 0.690. The molecule has 0 bridgehead atoms. The minimum absolute atomic E-state index is 0.00343. The van der Waals surface area contributed by atoms with E-state index in [0.717, 1.165) is 0 Å². The van der Waals surface area contributed by atoms with Gasteiger partial charge in [-0.25, -0.2) is 0 Å². The highest BCUT2D eigenvalue weighted by Gasteiger charge is 2.45. The molecule has 0 amide bonds. The van der Waals surface area contributed by atoms with Crippen molar-refractivity contribution in [3.63, 3.8) is 0 Å². The molecule has 0 saturated heterocycles. The highest BCUT2D eigenvalue weighted by Crippen LogP contribution is 2.39. The van der Waals surface area contributed by atoms with Crippen LogP contribution in [0.4, 0.5) is 0 Å². The topological polar surface area (TPSA) is 86.7 Å². The third kappa shape index (κ3) is 2.81. The van der Waals surface area contributed by atoms with E-state index < -0.39 is 29.7 Å². The molecule has 0 N–H and O–H groups in total. The van der Waals surface area contributed by atoms with Crippen LogP contribution in [0, 0.1) is 5.92 Å². The van der Waals surface area contributed by atoms with E-state index in [4.69, 9.17) is 9.47 Å². The summed E-state index contributed by atoms with van der Waals surface area (Å²) in [5.74, 6) is -3.00. The van der Waals surface area contributed by atoms with E-state index in [9.17, 15) is 19.2 Å². The number of carbonyl (C=O) groups is 4. The molecule has 2 unspecified atom stereocenters. The molecule has 0 aromatic carbocycles. The summed E-state index contributed by atoms with van der Waals surface area (Å²) in [7, 11) is 0. The molecule has 0 fully saturated rings. The summed E-state index contributed by atoms with van der Waals surface area (Å²) in [6.07, 6.45) is 1.90. The zero-order valence-corrected chi connectivity index (χ0v) is 13.7. The Kier molecular flexibility index (Phi) is 4.46. The average molecular weight is 369 g/mol. The minimum Gasteiger partial charge on any atom is -0.457 e. The third-order valence-electron chi connectivity index (χ3n) is 3.32. The molecule has 0 saturated carbocycles. The number of fused-ring (bicyclic) bond motifs is 1. The van der Waals surface area contributed by atoms with Crippen molar-refractivity contribution < 1.29 is 28.7 Å². The van der Waals surface area contributed by atoms with Gasteiger partial charge in [0.2, 0.25) is 5.78 Å². The van der Waals surface area contributed by atoms with Gasteiger partial charge in [0.25, 0.3) is 0 Å². The number of carbonyl (C=O) groups excluding carboxylic acids is 4. The maximum absolute atomic E-state index is 12.5. The average Bonchev–Trinajstić information content (AvgIpc) is 2.42. The summed E-state index contributed by atoms with van der Waals surface area (Å²) in [5, 5.41) is 0. The Labute approximate surface area is 135 Å². The molecule has 0 heterocycles. The molecule has 0 aromatic heterocycles. The van der Waals surface area contributed by atoms with Crippen LogP contribution in [0.3, 0.4) is 0 Å². The largest absolute Gasteiger partial charge is 0.457 e. The molecule has 116 valence electrons. The van der Waals surface area contributed by atoms with Crippen LogP contribution in [0.25, 0.3) is 0 Å². The first-order valence-corrected chi connectivity index (χ1v) is 7.26. The molecule has 2 aliphatic carbocycles. The first-order valence-electron chi connectivity index (χ1n) is 6.47. The van der Waals surface area contributed by atoms with Crippen molar-refractivity contribution in [2.75, 3.05) is 0 Å². The lowest BCUT2D eigenvalue weighted by atomic mass is 9.76. The van der Waals surface area contributed by atoms with Gasteiger partial charge >= 0.3 is 11.9 Å². The van der Waals surface area contributed by atoms with Crippen LogP contribution in [0.2, 0.25) is 0 Å².